The predicted molar refractivity (Wildman–Crippen MR) is 80.9 cm³/mol. The van der Waals surface area contributed by atoms with E-state index in [1.807, 2.05) is 0 Å². The first-order valence-corrected chi connectivity index (χ1v) is 7.48. The standard InChI is InChI=1S/C14H16F3N7O/c1-8-6-9(19-13(18-8)22(2)3)11(25)23-4-5-24-10(7-23)20-21-12(24)14(15,16)17/h6H,4-5,7H2,1-3H3. The average Bonchev–Trinajstić information content (AvgIpc) is 2.96. The van der Waals surface area contributed by atoms with Gasteiger partial charge in [-0.3, -0.25) is 4.79 Å². The van der Waals surface area contributed by atoms with E-state index in [2.05, 4.69) is 20.2 Å². The Kier molecular flexibility index (Phi) is 4.09. The number of halogens is 3. The van der Waals surface area contributed by atoms with E-state index in [0.717, 1.165) is 4.57 Å². The van der Waals surface area contributed by atoms with Crippen molar-refractivity contribution in [1.82, 2.24) is 29.6 Å². The highest BCUT2D eigenvalue weighted by molar-refractivity contribution is 5.92. The molecule has 1 amide bonds. The lowest BCUT2D eigenvalue weighted by Gasteiger charge is -2.28. The zero-order chi connectivity index (χ0) is 18.4. The van der Waals surface area contributed by atoms with E-state index in [-0.39, 0.29) is 37.1 Å². The van der Waals surface area contributed by atoms with Gasteiger partial charge in [0, 0.05) is 32.9 Å². The van der Waals surface area contributed by atoms with Crippen molar-refractivity contribution in [2.45, 2.75) is 26.2 Å². The van der Waals surface area contributed by atoms with E-state index < -0.39 is 12.0 Å². The predicted octanol–water partition coefficient (Wildman–Crippen LogP) is 1.12. The summed E-state index contributed by atoms with van der Waals surface area (Å²) in [7, 11) is 3.51. The van der Waals surface area contributed by atoms with Crippen LogP contribution in [-0.4, -0.2) is 56.2 Å². The maximum atomic E-state index is 12.9. The molecule has 0 fully saturated rings. The Labute approximate surface area is 141 Å². The van der Waals surface area contributed by atoms with E-state index in [0.29, 0.717) is 11.6 Å². The van der Waals surface area contributed by atoms with Crippen LogP contribution in [0.1, 0.15) is 27.8 Å². The molecule has 0 aromatic carbocycles. The van der Waals surface area contributed by atoms with Crippen molar-refractivity contribution in [1.29, 1.82) is 0 Å². The van der Waals surface area contributed by atoms with Crippen LogP contribution in [-0.2, 0) is 19.3 Å². The number of alkyl halides is 3. The number of carbonyl (C=O) groups excluding carboxylic acids is 1. The van der Waals surface area contributed by atoms with Gasteiger partial charge in [-0.15, -0.1) is 10.2 Å². The van der Waals surface area contributed by atoms with Crippen molar-refractivity contribution in [3.63, 3.8) is 0 Å². The van der Waals surface area contributed by atoms with Crippen LogP contribution < -0.4 is 4.90 Å². The van der Waals surface area contributed by atoms with Gasteiger partial charge in [-0.1, -0.05) is 0 Å². The largest absolute Gasteiger partial charge is 0.451 e. The molecule has 3 rings (SSSR count). The van der Waals surface area contributed by atoms with Gasteiger partial charge in [0.05, 0.1) is 6.54 Å². The number of aryl methyl sites for hydroxylation is 1. The maximum absolute atomic E-state index is 12.9. The molecule has 0 radical (unpaired) electrons. The fraction of sp³-hybridized carbons (Fsp3) is 0.500. The van der Waals surface area contributed by atoms with Gasteiger partial charge >= 0.3 is 6.18 Å². The van der Waals surface area contributed by atoms with Crippen molar-refractivity contribution >= 4 is 11.9 Å². The van der Waals surface area contributed by atoms with Crippen molar-refractivity contribution in [2.24, 2.45) is 0 Å². The third kappa shape index (κ3) is 3.26. The zero-order valence-corrected chi connectivity index (χ0v) is 13.9. The summed E-state index contributed by atoms with van der Waals surface area (Å²) in [6, 6.07) is 1.55. The summed E-state index contributed by atoms with van der Waals surface area (Å²) in [4.78, 5) is 24.2. The average molecular weight is 355 g/mol. The molecular weight excluding hydrogens is 339 g/mol. The zero-order valence-electron chi connectivity index (χ0n) is 13.9. The molecule has 0 saturated heterocycles. The SMILES string of the molecule is Cc1cc(C(=O)N2CCn3c(nnc3C(F)(F)F)C2)nc(N(C)C)n1. The molecule has 0 bridgehead atoms. The molecule has 0 spiro atoms. The number of aromatic nitrogens is 5. The first-order chi connectivity index (χ1) is 11.7. The van der Waals surface area contributed by atoms with E-state index in [4.69, 9.17) is 0 Å². The van der Waals surface area contributed by atoms with Gasteiger partial charge in [0.15, 0.2) is 5.82 Å². The van der Waals surface area contributed by atoms with Crippen LogP contribution in [0.3, 0.4) is 0 Å². The fourth-order valence-electron chi connectivity index (χ4n) is 2.57. The minimum Gasteiger partial charge on any atom is -0.347 e. The van der Waals surface area contributed by atoms with Gasteiger partial charge in [-0.05, 0) is 13.0 Å². The number of hydrogen-bond acceptors (Lipinski definition) is 6. The van der Waals surface area contributed by atoms with Gasteiger partial charge in [-0.2, -0.15) is 13.2 Å². The molecule has 0 N–H and O–H groups in total. The van der Waals surface area contributed by atoms with Gasteiger partial charge in [0.1, 0.15) is 5.69 Å². The highest BCUT2D eigenvalue weighted by Crippen LogP contribution is 2.29. The highest BCUT2D eigenvalue weighted by atomic mass is 19.4. The molecule has 2 aromatic heterocycles. The normalized spacial score (nSPS) is 14.4. The van der Waals surface area contributed by atoms with Crippen LogP contribution in [0.2, 0.25) is 0 Å². The summed E-state index contributed by atoms with van der Waals surface area (Å²) in [5, 5.41) is 6.78. The molecule has 1 aliphatic rings. The molecule has 3 heterocycles. The van der Waals surface area contributed by atoms with Crippen LogP contribution in [0.15, 0.2) is 6.07 Å². The quantitative estimate of drug-likeness (QED) is 0.803. The molecule has 0 saturated carbocycles. The van der Waals surface area contributed by atoms with E-state index in [1.54, 1.807) is 32.0 Å². The lowest BCUT2D eigenvalue weighted by atomic mass is 10.2. The number of fused-ring (bicyclic) bond motifs is 1. The van der Waals surface area contributed by atoms with Crippen molar-refractivity contribution in [2.75, 3.05) is 25.5 Å². The van der Waals surface area contributed by atoms with Crippen LogP contribution in [0, 0.1) is 6.92 Å². The Morgan fingerprint density at radius 2 is 1.92 bits per heavy atom. The highest BCUT2D eigenvalue weighted by Gasteiger charge is 2.40. The second kappa shape index (κ2) is 5.97. The number of amides is 1. The number of rotatable bonds is 2. The first-order valence-electron chi connectivity index (χ1n) is 7.48. The molecule has 0 unspecified atom stereocenters. The van der Waals surface area contributed by atoms with Crippen LogP contribution in [0.5, 0.6) is 0 Å². The van der Waals surface area contributed by atoms with Gasteiger partial charge < -0.3 is 14.4 Å². The van der Waals surface area contributed by atoms with Crippen molar-refractivity contribution < 1.29 is 18.0 Å². The number of nitrogens with zero attached hydrogens (tertiary/aromatic N) is 7. The lowest BCUT2D eigenvalue weighted by molar-refractivity contribution is -0.147. The third-order valence-corrected chi connectivity index (χ3v) is 3.76. The molecular formula is C14H16F3N7O. The van der Waals surface area contributed by atoms with Gasteiger partial charge in [-0.25, -0.2) is 9.97 Å². The fourth-order valence-corrected chi connectivity index (χ4v) is 2.57. The summed E-state index contributed by atoms with van der Waals surface area (Å²) < 4.78 is 39.6. The second-order valence-corrected chi connectivity index (χ2v) is 5.90. The molecule has 11 heteroatoms. The molecule has 1 aliphatic heterocycles. The summed E-state index contributed by atoms with van der Waals surface area (Å²) in [6.07, 6.45) is -4.57. The topological polar surface area (TPSA) is 80.0 Å². The summed E-state index contributed by atoms with van der Waals surface area (Å²) in [5.41, 5.74) is 0.821. The lowest BCUT2D eigenvalue weighted by Crippen LogP contribution is -2.39. The van der Waals surface area contributed by atoms with Gasteiger partial charge in [0.2, 0.25) is 11.8 Å². The van der Waals surface area contributed by atoms with Crippen molar-refractivity contribution in [3.05, 3.63) is 29.1 Å². The van der Waals surface area contributed by atoms with Gasteiger partial charge in [0.25, 0.3) is 5.91 Å². The molecule has 0 aliphatic carbocycles. The monoisotopic (exact) mass is 355 g/mol. The molecule has 2 aromatic rings. The first kappa shape index (κ1) is 17.1. The Morgan fingerprint density at radius 3 is 2.56 bits per heavy atom. The molecule has 8 nitrogen and oxygen atoms in total. The van der Waals surface area contributed by atoms with Crippen molar-refractivity contribution in [3.8, 4) is 0 Å². The summed E-state index contributed by atoms with van der Waals surface area (Å²) in [6.45, 7) is 1.79. The molecule has 25 heavy (non-hydrogen) atoms. The van der Waals surface area contributed by atoms with E-state index >= 15 is 0 Å². The third-order valence-electron chi connectivity index (χ3n) is 3.76. The number of hydrogen-bond donors (Lipinski definition) is 0. The number of anilines is 1. The number of carbonyl (C=O) groups is 1. The van der Waals surface area contributed by atoms with E-state index in [9.17, 15) is 18.0 Å². The van der Waals surface area contributed by atoms with Crippen LogP contribution >= 0.6 is 0 Å². The molecule has 134 valence electrons. The molecule has 0 atom stereocenters. The maximum Gasteiger partial charge on any atom is 0.451 e. The van der Waals surface area contributed by atoms with Crippen LogP contribution in [0.4, 0.5) is 19.1 Å². The Hall–Kier alpha value is -2.72. The minimum atomic E-state index is -4.57. The summed E-state index contributed by atoms with van der Waals surface area (Å²) in [5.74, 6) is -0.924. The second-order valence-electron chi connectivity index (χ2n) is 5.90. The van der Waals surface area contributed by atoms with Crippen LogP contribution in [0.25, 0.3) is 0 Å². The Bertz CT molecular complexity index is 815. The Balaban J connectivity index is 1.85. The Morgan fingerprint density at radius 1 is 1.20 bits per heavy atom. The summed E-state index contributed by atoms with van der Waals surface area (Å²) >= 11 is 0. The van der Waals surface area contributed by atoms with E-state index in [1.165, 1.54) is 4.90 Å². The minimum absolute atomic E-state index is 0.0203. The smallest absolute Gasteiger partial charge is 0.347 e.